The lowest BCUT2D eigenvalue weighted by molar-refractivity contribution is 0.377. The van der Waals surface area contributed by atoms with Crippen LogP contribution in [0.1, 0.15) is 36.6 Å². The molecule has 0 spiro atoms. The number of nitrogens with one attached hydrogen (secondary N) is 1. The molecule has 0 bridgehead atoms. The highest BCUT2D eigenvalue weighted by atomic mass is 16.5. The standard InChI is InChI=1S/C25H29NO4/c1-13-9-17-16(7-8-20(28-4)25(17)21(10-13)29-5)24-18-11-14(2)26-15(3)23(18)22(30-6)12-19(24)27/h7-10,12,14-15,26-27H,11H2,1-6H3. The summed E-state index contributed by atoms with van der Waals surface area (Å²) in [5.74, 6) is 2.44. The van der Waals surface area contributed by atoms with Crippen LogP contribution in [0.3, 0.4) is 0 Å². The highest BCUT2D eigenvalue weighted by Crippen LogP contribution is 2.48. The van der Waals surface area contributed by atoms with Crippen LogP contribution in [0.15, 0.2) is 30.3 Å². The van der Waals surface area contributed by atoms with Gasteiger partial charge in [-0.05, 0) is 67.5 Å². The van der Waals surface area contributed by atoms with Crippen molar-refractivity contribution >= 4 is 10.8 Å². The molecule has 30 heavy (non-hydrogen) atoms. The number of phenols is 1. The van der Waals surface area contributed by atoms with Crippen LogP contribution in [0.25, 0.3) is 21.9 Å². The fourth-order valence-corrected chi connectivity index (χ4v) is 4.84. The van der Waals surface area contributed by atoms with Crippen LogP contribution in [0, 0.1) is 6.92 Å². The Bertz CT molecular complexity index is 1120. The molecule has 1 aliphatic rings. The third-order valence-corrected chi connectivity index (χ3v) is 6.01. The van der Waals surface area contributed by atoms with Gasteiger partial charge in [-0.15, -0.1) is 0 Å². The van der Waals surface area contributed by atoms with Gasteiger partial charge in [0.2, 0.25) is 0 Å². The molecule has 3 aromatic carbocycles. The third kappa shape index (κ3) is 3.14. The van der Waals surface area contributed by atoms with E-state index < -0.39 is 0 Å². The van der Waals surface area contributed by atoms with Crippen LogP contribution in [0.4, 0.5) is 0 Å². The van der Waals surface area contributed by atoms with Crippen molar-refractivity contribution in [3.8, 4) is 34.1 Å². The highest BCUT2D eigenvalue weighted by molar-refractivity contribution is 6.05. The molecule has 2 N–H and O–H groups in total. The van der Waals surface area contributed by atoms with Crippen molar-refractivity contribution in [3.05, 3.63) is 47.0 Å². The molecule has 0 saturated carbocycles. The summed E-state index contributed by atoms with van der Waals surface area (Å²) >= 11 is 0. The molecule has 0 aromatic heterocycles. The van der Waals surface area contributed by atoms with Gasteiger partial charge in [0.25, 0.3) is 0 Å². The number of benzene rings is 3. The van der Waals surface area contributed by atoms with E-state index in [2.05, 4.69) is 25.2 Å². The van der Waals surface area contributed by atoms with Crippen LogP contribution < -0.4 is 19.5 Å². The zero-order chi connectivity index (χ0) is 21.6. The Kier molecular flexibility index (Phi) is 5.24. The number of aryl methyl sites for hydroxylation is 1. The molecule has 2 unspecified atom stereocenters. The minimum Gasteiger partial charge on any atom is -0.507 e. The average molecular weight is 408 g/mol. The first kappa shape index (κ1) is 20.4. The molecule has 5 heteroatoms. The zero-order valence-corrected chi connectivity index (χ0v) is 18.4. The molecule has 3 aromatic rings. The summed E-state index contributed by atoms with van der Waals surface area (Å²) in [5, 5.41) is 16.6. The molecular formula is C25H29NO4. The van der Waals surface area contributed by atoms with Crippen molar-refractivity contribution in [2.45, 2.75) is 39.3 Å². The van der Waals surface area contributed by atoms with Gasteiger partial charge in [0.05, 0.1) is 26.7 Å². The fraction of sp³-hybridized carbons (Fsp3) is 0.360. The third-order valence-electron chi connectivity index (χ3n) is 6.01. The van der Waals surface area contributed by atoms with E-state index in [9.17, 15) is 5.11 Å². The topological polar surface area (TPSA) is 60.0 Å². The second-order valence-electron chi connectivity index (χ2n) is 8.06. The van der Waals surface area contributed by atoms with Crippen LogP contribution in [-0.4, -0.2) is 32.5 Å². The maximum atomic E-state index is 11.1. The first-order valence-corrected chi connectivity index (χ1v) is 10.2. The second-order valence-corrected chi connectivity index (χ2v) is 8.06. The number of hydrogen-bond acceptors (Lipinski definition) is 5. The monoisotopic (exact) mass is 407 g/mol. The molecule has 2 atom stereocenters. The van der Waals surface area contributed by atoms with Gasteiger partial charge in [-0.2, -0.15) is 0 Å². The van der Waals surface area contributed by atoms with Gasteiger partial charge in [0.1, 0.15) is 23.0 Å². The van der Waals surface area contributed by atoms with E-state index in [-0.39, 0.29) is 11.8 Å². The Labute approximate surface area is 177 Å². The van der Waals surface area contributed by atoms with E-state index in [0.29, 0.717) is 11.8 Å². The predicted molar refractivity (Wildman–Crippen MR) is 120 cm³/mol. The Balaban J connectivity index is 2.12. The van der Waals surface area contributed by atoms with Crippen molar-refractivity contribution in [2.75, 3.05) is 21.3 Å². The number of fused-ring (bicyclic) bond motifs is 2. The summed E-state index contributed by atoms with van der Waals surface area (Å²) in [7, 11) is 4.98. The van der Waals surface area contributed by atoms with Gasteiger partial charge >= 0.3 is 0 Å². The molecule has 5 nitrogen and oxygen atoms in total. The molecule has 0 amide bonds. The Morgan fingerprint density at radius 2 is 1.63 bits per heavy atom. The molecule has 0 fully saturated rings. The molecule has 0 radical (unpaired) electrons. The van der Waals surface area contributed by atoms with Crippen molar-refractivity contribution in [1.29, 1.82) is 0 Å². The summed E-state index contributed by atoms with van der Waals surface area (Å²) < 4.78 is 17.0. The fourth-order valence-electron chi connectivity index (χ4n) is 4.84. The first-order valence-electron chi connectivity index (χ1n) is 10.2. The van der Waals surface area contributed by atoms with Gasteiger partial charge < -0.3 is 24.6 Å². The summed E-state index contributed by atoms with van der Waals surface area (Å²) in [6.07, 6.45) is 0.802. The Morgan fingerprint density at radius 1 is 0.933 bits per heavy atom. The quantitative estimate of drug-likeness (QED) is 0.627. The van der Waals surface area contributed by atoms with Gasteiger partial charge in [-0.25, -0.2) is 0 Å². The van der Waals surface area contributed by atoms with Crippen LogP contribution in [-0.2, 0) is 6.42 Å². The minimum atomic E-state index is 0.124. The predicted octanol–water partition coefficient (Wildman–Crippen LogP) is 5.14. The summed E-state index contributed by atoms with van der Waals surface area (Å²) in [4.78, 5) is 0. The average Bonchev–Trinajstić information content (AvgIpc) is 2.71. The number of rotatable bonds is 4. The van der Waals surface area contributed by atoms with Crippen molar-refractivity contribution < 1.29 is 19.3 Å². The van der Waals surface area contributed by atoms with E-state index in [4.69, 9.17) is 14.2 Å². The normalized spacial score (nSPS) is 18.2. The number of ether oxygens (including phenoxy) is 3. The minimum absolute atomic E-state index is 0.124. The largest absolute Gasteiger partial charge is 0.507 e. The molecule has 4 rings (SSSR count). The second kappa shape index (κ2) is 7.73. The van der Waals surface area contributed by atoms with Gasteiger partial charge in [0.15, 0.2) is 0 Å². The molecule has 1 heterocycles. The molecule has 158 valence electrons. The van der Waals surface area contributed by atoms with Crippen molar-refractivity contribution in [2.24, 2.45) is 0 Å². The number of aromatic hydroxyl groups is 1. The van der Waals surface area contributed by atoms with Crippen LogP contribution >= 0.6 is 0 Å². The SMILES string of the molecule is COc1cc(O)c(-c2ccc(OC)c3c(OC)cc(C)cc23)c2c1C(C)NC(C)C2. The highest BCUT2D eigenvalue weighted by Gasteiger charge is 2.30. The summed E-state index contributed by atoms with van der Waals surface area (Å²) in [6, 6.07) is 10.2. The van der Waals surface area contributed by atoms with E-state index in [1.165, 1.54) is 0 Å². The molecular weight excluding hydrogens is 378 g/mol. The van der Waals surface area contributed by atoms with Gasteiger partial charge in [-0.3, -0.25) is 0 Å². The molecule has 0 saturated heterocycles. The van der Waals surface area contributed by atoms with E-state index in [1.807, 2.05) is 25.1 Å². The molecule has 0 aliphatic carbocycles. The van der Waals surface area contributed by atoms with Crippen molar-refractivity contribution in [1.82, 2.24) is 5.32 Å². The van der Waals surface area contributed by atoms with E-state index in [0.717, 1.165) is 56.5 Å². The van der Waals surface area contributed by atoms with Crippen LogP contribution in [0.5, 0.6) is 23.0 Å². The van der Waals surface area contributed by atoms with Crippen molar-refractivity contribution in [3.63, 3.8) is 0 Å². The lowest BCUT2D eigenvalue weighted by atomic mass is 9.83. The Morgan fingerprint density at radius 3 is 2.30 bits per heavy atom. The zero-order valence-electron chi connectivity index (χ0n) is 18.4. The molecule has 1 aliphatic heterocycles. The van der Waals surface area contributed by atoms with E-state index >= 15 is 0 Å². The number of phenolic OH excluding ortho intramolecular Hbond substituents is 1. The summed E-state index contributed by atoms with van der Waals surface area (Å²) in [5.41, 5.74) is 5.13. The lowest BCUT2D eigenvalue weighted by Gasteiger charge is -2.33. The number of methoxy groups -OCH3 is 3. The van der Waals surface area contributed by atoms with Crippen LogP contribution in [0.2, 0.25) is 0 Å². The first-order chi connectivity index (χ1) is 14.4. The van der Waals surface area contributed by atoms with E-state index in [1.54, 1.807) is 27.4 Å². The smallest absolute Gasteiger partial charge is 0.130 e. The maximum Gasteiger partial charge on any atom is 0.130 e. The summed E-state index contributed by atoms with van der Waals surface area (Å²) in [6.45, 7) is 6.35. The van der Waals surface area contributed by atoms with Gasteiger partial charge in [-0.1, -0.05) is 6.07 Å². The maximum absolute atomic E-state index is 11.1. The lowest BCUT2D eigenvalue weighted by Crippen LogP contribution is -2.36. The van der Waals surface area contributed by atoms with Gasteiger partial charge in [0, 0.05) is 29.3 Å². The Hall–Kier alpha value is -2.92. The number of hydrogen-bond donors (Lipinski definition) is 2.